The number of nitrogens with one attached hydrogen (secondary N) is 1. The molecule has 0 aromatic heterocycles. The van der Waals surface area contributed by atoms with Crippen molar-refractivity contribution >= 4 is 5.91 Å². The van der Waals surface area contributed by atoms with Crippen molar-refractivity contribution in [2.45, 2.75) is 18.4 Å². The highest BCUT2D eigenvalue weighted by Gasteiger charge is 2.30. The summed E-state index contributed by atoms with van der Waals surface area (Å²) in [6.07, 6.45) is 1.07. The molecule has 2 aliphatic heterocycles. The van der Waals surface area contributed by atoms with Crippen LogP contribution in [0.5, 0.6) is 11.5 Å². The molecule has 1 amide bonds. The molecule has 2 N–H and O–H groups in total. The van der Waals surface area contributed by atoms with Crippen molar-refractivity contribution in [2.24, 2.45) is 0 Å². The Balaban J connectivity index is 1.62. The SMILES string of the molecule is O=C(NCC1(O)CCOCC1)c1ccc2c(c1)OCCO2. The van der Waals surface area contributed by atoms with E-state index in [0.717, 1.165) is 0 Å². The third kappa shape index (κ3) is 3.28. The van der Waals surface area contributed by atoms with E-state index >= 15 is 0 Å². The highest BCUT2D eigenvalue weighted by atomic mass is 16.6. The number of carbonyl (C=O) groups excluding carboxylic acids is 1. The fraction of sp³-hybridized carbons (Fsp3) is 0.533. The topological polar surface area (TPSA) is 77.0 Å². The van der Waals surface area contributed by atoms with Crippen molar-refractivity contribution in [3.05, 3.63) is 23.8 Å². The van der Waals surface area contributed by atoms with Gasteiger partial charge in [-0.1, -0.05) is 0 Å². The van der Waals surface area contributed by atoms with Crippen LogP contribution in [0, 0.1) is 0 Å². The Morgan fingerprint density at radius 3 is 2.62 bits per heavy atom. The van der Waals surface area contributed by atoms with Crippen LogP contribution in [0.25, 0.3) is 0 Å². The van der Waals surface area contributed by atoms with Gasteiger partial charge >= 0.3 is 0 Å². The maximum Gasteiger partial charge on any atom is 0.251 e. The van der Waals surface area contributed by atoms with Crippen LogP contribution in [-0.2, 0) is 4.74 Å². The molecule has 0 unspecified atom stereocenters. The van der Waals surface area contributed by atoms with E-state index in [1.54, 1.807) is 18.2 Å². The Kier molecular flexibility index (Phi) is 3.98. The second-order valence-corrected chi connectivity index (χ2v) is 5.38. The van der Waals surface area contributed by atoms with Gasteiger partial charge in [0.2, 0.25) is 0 Å². The first-order valence-electron chi connectivity index (χ1n) is 7.14. The quantitative estimate of drug-likeness (QED) is 0.859. The zero-order chi connectivity index (χ0) is 14.7. The summed E-state index contributed by atoms with van der Waals surface area (Å²) < 4.78 is 16.1. The average Bonchev–Trinajstić information content (AvgIpc) is 2.53. The van der Waals surface area contributed by atoms with Crippen LogP contribution in [0.2, 0.25) is 0 Å². The van der Waals surface area contributed by atoms with Crippen LogP contribution in [0.3, 0.4) is 0 Å². The number of ether oxygens (including phenoxy) is 3. The Hall–Kier alpha value is -1.79. The Bertz CT molecular complexity index is 525. The van der Waals surface area contributed by atoms with Gasteiger partial charge < -0.3 is 24.6 Å². The van der Waals surface area contributed by atoms with Gasteiger partial charge in [0.05, 0.1) is 5.60 Å². The highest BCUT2D eigenvalue weighted by molar-refractivity contribution is 5.94. The van der Waals surface area contributed by atoms with Gasteiger partial charge in [0, 0.05) is 38.2 Å². The molecule has 2 aliphatic rings. The molecule has 2 heterocycles. The summed E-state index contributed by atoms with van der Waals surface area (Å²) in [6, 6.07) is 5.08. The molecule has 0 saturated carbocycles. The molecule has 0 spiro atoms. The number of carbonyl (C=O) groups is 1. The minimum absolute atomic E-state index is 0.226. The first-order chi connectivity index (χ1) is 10.2. The van der Waals surface area contributed by atoms with Gasteiger partial charge in [-0.3, -0.25) is 4.79 Å². The number of aliphatic hydroxyl groups is 1. The summed E-state index contributed by atoms with van der Waals surface area (Å²) in [5, 5.41) is 13.1. The van der Waals surface area contributed by atoms with Gasteiger partial charge in [-0.15, -0.1) is 0 Å². The first-order valence-corrected chi connectivity index (χ1v) is 7.14. The standard InChI is InChI=1S/C15H19NO5/c17-14(16-10-15(18)3-5-19-6-4-15)11-1-2-12-13(9-11)21-8-7-20-12/h1-2,9,18H,3-8,10H2,(H,16,17). The van der Waals surface area contributed by atoms with E-state index in [9.17, 15) is 9.90 Å². The van der Waals surface area contributed by atoms with Crippen LogP contribution >= 0.6 is 0 Å². The molecule has 1 saturated heterocycles. The van der Waals surface area contributed by atoms with Gasteiger partial charge in [-0.25, -0.2) is 0 Å². The van der Waals surface area contributed by atoms with Crippen LogP contribution < -0.4 is 14.8 Å². The van der Waals surface area contributed by atoms with Crippen LogP contribution in [0.1, 0.15) is 23.2 Å². The minimum Gasteiger partial charge on any atom is -0.486 e. The molecular formula is C15H19NO5. The molecule has 6 nitrogen and oxygen atoms in total. The van der Waals surface area contributed by atoms with Crippen LogP contribution in [-0.4, -0.2) is 49.6 Å². The molecule has 0 radical (unpaired) electrons. The summed E-state index contributed by atoms with van der Waals surface area (Å²) in [7, 11) is 0. The van der Waals surface area contributed by atoms with E-state index in [0.29, 0.717) is 56.3 Å². The van der Waals surface area contributed by atoms with Gasteiger partial charge in [0.15, 0.2) is 11.5 Å². The largest absolute Gasteiger partial charge is 0.486 e. The zero-order valence-electron chi connectivity index (χ0n) is 11.8. The van der Waals surface area contributed by atoms with E-state index in [-0.39, 0.29) is 12.5 Å². The number of fused-ring (bicyclic) bond motifs is 1. The van der Waals surface area contributed by atoms with Crippen molar-refractivity contribution in [3.63, 3.8) is 0 Å². The molecule has 1 aromatic carbocycles. The lowest BCUT2D eigenvalue weighted by atomic mass is 9.94. The number of amides is 1. The van der Waals surface area contributed by atoms with Gasteiger partial charge in [-0.05, 0) is 18.2 Å². The smallest absolute Gasteiger partial charge is 0.251 e. The molecule has 1 fully saturated rings. The predicted molar refractivity (Wildman–Crippen MR) is 74.8 cm³/mol. The third-order valence-corrected chi connectivity index (χ3v) is 3.81. The molecule has 6 heteroatoms. The summed E-state index contributed by atoms with van der Waals surface area (Å²) in [4.78, 5) is 12.2. The second kappa shape index (κ2) is 5.91. The fourth-order valence-corrected chi connectivity index (χ4v) is 2.46. The third-order valence-electron chi connectivity index (χ3n) is 3.81. The lowest BCUT2D eigenvalue weighted by molar-refractivity contribution is -0.0605. The normalized spacial score (nSPS) is 19.9. The summed E-state index contributed by atoms with van der Waals surface area (Å²) in [5.74, 6) is 1.01. The molecule has 3 rings (SSSR count). The van der Waals surface area contributed by atoms with Crippen LogP contribution in [0.4, 0.5) is 0 Å². The number of hydrogen-bond donors (Lipinski definition) is 2. The molecule has 0 aliphatic carbocycles. The van der Waals surface area contributed by atoms with Crippen molar-refractivity contribution in [1.29, 1.82) is 0 Å². The Morgan fingerprint density at radius 2 is 1.86 bits per heavy atom. The van der Waals surface area contributed by atoms with Crippen molar-refractivity contribution in [1.82, 2.24) is 5.32 Å². The molecular weight excluding hydrogens is 274 g/mol. The van der Waals surface area contributed by atoms with Crippen LogP contribution in [0.15, 0.2) is 18.2 Å². The second-order valence-electron chi connectivity index (χ2n) is 5.38. The maximum atomic E-state index is 12.2. The summed E-state index contributed by atoms with van der Waals surface area (Å²) in [6.45, 7) is 2.28. The van der Waals surface area contributed by atoms with Crippen molar-refractivity contribution in [3.8, 4) is 11.5 Å². The maximum absolute atomic E-state index is 12.2. The van der Waals surface area contributed by atoms with Gasteiger partial charge in [0.1, 0.15) is 13.2 Å². The van der Waals surface area contributed by atoms with Gasteiger partial charge in [-0.2, -0.15) is 0 Å². The number of hydrogen-bond acceptors (Lipinski definition) is 5. The van der Waals surface area contributed by atoms with E-state index < -0.39 is 5.60 Å². The first kappa shape index (κ1) is 14.2. The lowest BCUT2D eigenvalue weighted by Crippen LogP contribution is -2.46. The molecule has 1 aromatic rings. The van der Waals surface area contributed by atoms with Crippen molar-refractivity contribution < 1.29 is 24.1 Å². The van der Waals surface area contributed by atoms with E-state index in [4.69, 9.17) is 14.2 Å². The number of rotatable bonds is 3. The van der Waals surface area contributed by atoms with E-state index in [2.05, 4.69) is 5.32 Å². The Morgan fingerprint density at radius 1 is 1.14 bits per heavy atom. The monoisotopic (exact) mass is 293 g/mol. The minimum atomic E-state index is -0.873. The molecule has 21 heavy (non-hydrogen) atoms. The average molecular weight is 293 g/mol. The summed E-state index contributed by atoms with van der Waals surface area (Å²) >= 11 is 0. The molecule has 0 bridgehead atoms. The van der Waals surface area contributed by atoms with Crippen molar-refractivity contribution in [2.75, 3.05) is 33.0 Å². The van der Waals surface area contributed by atoms with E-state index in [1.807, 2.05) is 0 Å². The molecule has 114 valence electrons. The molecule has 0 atom stereocenters. The number of benzene rings is 1. The van der Waals surface area contributed by atoms with E-state index in [1.165, 1.54) is 0 Å². The zero-order valence-corrected chi connectivity index (χ0v) is 11.8. The fourth-order valence-electron chi connectivity index (χ4n) is 2.46. The Labute approximate surface area is 123 Å². The summed E-state index contributed by atoms with van der Waals surface area (Å²) in [5.41, 5.74) is -0.378. The predicted octanol–water partition coefficient (Wildman–Crippen LogP) is 0.729. The highest BCUT2D eigenvalue weighted by Crippen LogP contribution is 2.30. The van der Waals surface area contributed by atoms with Gasteiger partial charge in [0.25, 0.3) is 5.91 Å². The lowest BCUT2D eigenvalue weighted by Gasteiger charge is -2.32.